The van der Waals surface area contributed by atoms with Gasteiger partial charge >= 0.3 is 6.09 Å². The number of methoxy groups -OCH3 is 2. The minimum absolute atomic E-state index is 0.110. The molecule has 42 heavy (non-hydrogen) atoms. The van der Waals surface area contributed by atoms with Gasteiger partial charge in [-0.25, -0.2) is 14.8 Å². The Balaban J connectivity index is 1.35. The standard InChI is InChI=1S/C30H33N7O5/c1-21-15-27(34-29(33-21)36-12-11-31-20-36)35-13-14-37(30(39)42-19-22-7-5-4-6-8-22)24(18-35)28(38)32-17-23-9-10-25(40-2)26(16-23)41-3/h4-12,15-16,20,24H,13-14,17-19H2,1-3H3,(H,32,38). The molecule has 0 radical (unpaired) electrons. The Morgan fingerprint density at radius 1 is 0.976 bits per heavy atom. The molecule has 2 amide bonds. The number of benzene rings is 2. The zero-order valence-corrected chi connectivity index (χ0v) is 23.8. The molecule has 1 aliphatic heterocycles. The molecule has 1 unspecified atom stereocenters. The van der Waals surface area contributed by atoms with Crippen molar-refractivity contribution in [3.63, 3.8) is 0 Å². The summed E-state index contributed by atoms with van der Waals surface area (Å²) in [5.74, 6) is 1.97. The highest BCUT2D eigenvalue weighted by Gasteiger charge is 2.37. The third-order valence-corrected chi connectivity index (χ3v) is 6.93. The molecular formula is C30H33N7O5. The highest BCUT2D eigenvalue weighted by atomic mass is 16.6. The quantitative estimate of drug-likeness (QED) is 0.323. The lowest BCUT2D eigenvalue weighted by atomic mass is 10.1. The number of rotatable bonds is 9. The Morgan fingerprint density at radius 2 is 1.79 bits per heavy atom. The van der Waals surface area contributed by atoms with Crippen molar-refractivity contribution in [2.24, 2.45) is 0 Å². The maximum absolute atomic E-state index is 13.6. The van der Waals surface area contributed by atoms with Crippen LogP contribution in [0, 0.1) is 6.92 Å². The van der Waals surface area contributed by atoms with E-state index in [4.69, 9.17) is 19.2 Å². The fourth-order valence-electron chi connectivity index (χ4n) is 4.73. The predicted octanol–water partition coefficient (Wildman–Crippen LogP) is 3.13. The Bertz CT molecular complexity index is 1510. The van der Waals surface area contributed by atoms with E-state index < -0.39 is 12.1 Å². The second-order valence-corrected chi connectivity index (χ2v) is 9.74. The zero-order chi connectivity index (χ0) is 29.5. The lowest BCUT2D eigenvalue weighted by molar-refractivity contribution is -0.126. The average Bonchev–Trinajstić information content (AvgIpc) is 3.57. The number of hydrogen-bond donors (Lipinski definition) is 1. The van der Waals surface area contributed by atoms with Crippen LogP contribution in [0.15, 0.2) is 73.3 Å². The summed E-state index contributed by atoms with van der Waals surface area (Å²) in [6.07, 6.45) is 4.50. The van der Waals surface area contributed by atoms with Gasteiger partial charge in [0, 0.05) is 50.3 Å². The normalized spacial score (nSPS) is 14.8. The van der Waals surface area contributed by atoms with Crippen LogP contribution in [0.5, 0.6) is 11.5 Å². The van der Waals surface area contributed by atoms with Crippen molar-refractivity contribution in [3.8, 4) is 17.4 Å². The maximum Gasteiger partial charge on any atom is 0.410 e. The first-order valence-corrected chi connectivity index (χ1v) is 13.5. The largest absolute Gasteiger partial charge is 0.493 e. The van der Waals surface area contributed by atoms with Crippen LogP contribution in [0.3, 0.4) is 0 Å². The molecule has 0 spiro atoms. The fourth-order valence-corrected chi connectivity index (χ4v) is 4.73. The molecule has 4 aromatic rings. The van der Waals surface area contributed by atoms with E-state index in [1.165, 1.54) is 4.90 Å². The van der Waals surface area contributed by atoms with Gasteiger partial charge in [-0.2, -0.15) is 4.98 Å². The van der Waals surface area contributed by atoms with Gasteiger partial charge in [0.1, 0.15) is 24.8 Å². The number of carbonyl (C=O) groups excluding carboxylic acids is 2. The Labute approximate surface area is 243 Å². The van der Waals surface area contributed by atoms with Crippen LogP contribution in [-0.4, -0.2) is 76.3 Å². The van der Waals surface area contributed by atoms with Crippen LogP contribution in [0.25, 0.3) is 5.95 Å². The van der Waals surface area contributed by atoms with E-state index >= 15 is 0 Å². The van der Waals surface area contributed by atoms with Crippen LogP contribution >= 0.6 is 0 Å². The Hall–Kier alpha value is -5.13. The predicted molar refractivity (Wildman–Crippen MR) is 155 cm³/mol. The molecule has 0 saturated carbocycles. The van der Waals surface area contributed by atoms with Gasteiger partial charge in [-0.1, -0.05) is 36.4 Å². The summed E-state index contributed by atoms with van der Waals surface area (Å²) in [7, 11) is 3.12. The number of aromatic nitrogens is 4. The van der Waals surface area contributed by atoms with Gasteiger partial charge in [-0.3, -0.25) is 14.3 Å². The van der Waals surface area contributed by atoms with Crippen molar-refractivity contribution >= 4 is 17.8 Å². The summed E-state index contributed by atoms with van der Waals surface area (Å²) < 4.78 is 18.0. The van der Waals surface area contributed by atoms with Crippen LogP contribution < -0.4 is 19.7 Å². The molecule has 5 rings (SSSR count). The van der Waals surface area contributed by atoms with Crippen molar-refractivity contribution in [1.29, 1.82) is 0 Å². The van der Waals surface area contributed by atoms with E-state index in [1.807, 2.05) is 54.3 Å². The molecule has 1 N–H and O–H groups in total. The minimum atomic E-state index is -0.825. The van der Waals surface area contributed by atoms with Gasteiger partial charge in [-0.05, 0) is 30.2 Å². The number of piperazine rings is 1. The van der Waals surface area contributed by atoms with Gasteiger partial charge in [0.05, 0.1) is 14.2 Å². The van der Waals surface area contributed by atoms with Gasteiger partial charge < -0.3 is 24.4 Å². The third kappa shape index (κ3) is 6.60. The van der Waals surface area contributed by atoms with E-state index in [2.05, 4.69) is 15.3 Å². The van der Waals surface area contributed by atoms with E-state index in [0.29, 0.717) is 29.8 Å². The first-order valence-electron chi connectivity index (χ1n) is 13.5. The summed E-state index contributed by atoms with van der Waals surface area (Å²) in [5.41, 5.74) is 2.45. The molecule has 1 fully saturated rings. The number of hydrogen-bond acceptors (Lipinski definition) is 9. The molecule has 1 saturated heterocycles. The number of carbonyl (C=O) groups is 2. The summed E-state index contributed by atoms with van der Waals surface area (Å²) in [6, 6.07) is 15.9. The third-order valence-electron chi connectivity index (χ3n) is 6.93. The molecule has 1 atom stereocenters. The van der Waals surface area contributed by atoms with Crippen LogP contribution in [0.1, 0.15) is 16.8 Å². The molecule has 2 aromatic carbocycles. The zero-order valence-electron chi connectivity index (χ0n) is 23.8. The van der Waals surface area contributed by atoms with Crippen molar-refractivity contribution in [2.75, 3.05) is 38.8 Å². The Kier molecular flexibility index (Phi) is 8.81. The van der Waals surface area contributed by atoms with Crippen LogP contribution in [0.2, 0.25) is 0 Å². The molecule has 12 heteroatoms. The molecule has 12 nitrogen and oxygen atoms in total. The number of nitrogens with zero attached hydrogens (tertiary/aromatic N) is 6. The maximum atomic E-state index is 13.6. The lowest BCUT2D eigenvalue weighted by Crippen LogP contribution is -2.61. The second-order valence-electron chi connectivity index (χ2n) is 9.74. The van der Waals surface area contributed by atoms with Gasteiger partial charge in [-0.15, -0.1) is 0 Å². The van der Waals surface area contributed by atoms with Crippen LogP contribution in [0.4, 0.5) is 10.6 Å². The summed E-state index contributed by atoms with van der Waals surface area (Å²) in [5, 5.41) is 2.98. The molecule has 218 valence electrons. The van der Waals surface area contributed by atoms with Gasteiger partial charge in [0.2, 0.25) is 11.9 Å². The van der Waals surface area contributed by atoms with Crippen molar-refractivity contribution in [2.45, 2.75) is 26.1 Å². The molecule has 3 heterocycles. The average molecular weight is 572 g/mol. The van der Waals surface area contributed by atoms with E-state index in [-0.39, 0.29) is 32.1 Å². The number of amides is 2. The lowest BCUT2D eigenvalue weighted by Gasteiger charge is -2.40. The molecule has 0 aliphatic carbocycles. The van der Waals surface area contributed by atoms with Crippen molar-refractivity contribution < 1.29 is 23.8 Å². The summed E-state index contributed by atoms with van der Waals surface area (Å²) in [4.78, 5) is 43.7. The number of aryl methyl sites for hydroxylation is 1. The highest BCUT2D eigenvalue weighted by molar-refractivity contribution is 5.86. The summed E-state index contributed by atoms with van der Waals surface area (Å²) in [6.45, 7) is 3.18. The number of anilines is 1. The van der Waals surface area contributed by atoms with Crippen molar-refractivity contribution in [1.82, 2.24) is 29.7 Å². The number of ether oxygens (including phenoxy) is 3. The monoisotopic (exact) mass is 571 g/mol. The van der Waals surface area contributed by atoms with Crippen LogP contribution in [-0.2, 0) is 22.7 Å². The minimum Gasteiger partial charge on any atom is -0.493 e. The van der Waals surface area contributed by atoms with Gasteiger partial charge in [0.15, 0.2) is 11.5 Å². The number of nitrogens with one attached hydrogen (secondary N) is 1. The topological polar surface area (TPSA) is 124 Å². The second kappa shape index (κ2) is 13.0. The number of imidazole rings is 1. The van der Waals surface area contributed by atoms with E-state index in [0.717, 1.165) is 16.8 Å². The smallest absolute Gasteiger partial charge is 0.410 e. The summed E-state index contributed by atoms with van der Waals surface area (Å²) >= 11 is 0. The SMILES string of the molecule is COc1ccc(CNC(=O)C2CN(c3cc(C)nc(-n4ccnc4)n3)CCN2C(=O)OCc2ccccc2)cc1OC. The van der Waals surface area contributed by atoms with E-state index in [9.17, 15) is 9.59 Å². The van der Waals surface area contributed by atoms with Gasteiger partial charge in [0.25, 0.3) is 0 Å². The van der Waals surface area contributed by atoms with Crippen molar-refractivity contribution in [3.05, 3.63) is 90.1 Å². The molecule has 2 aromatic heterocycles. The molecule has 1 aliphatic rings. The van der Waals surface area contributed by atoms with E-state index in [1.54, 1.807) is 49.6 Å². The molecule has 0 bridgehead atoms. The first-order chi connectivity index (χ1) is 20.4. The first kappa shape index (κ1) is 28.4. The highest BCUT2D eigenvalue weighted by Crippen LogP contribution is 2.27. The molecular weight excluding hydrogens is 538 g/mol. The Morgan fingerprint density at radius 3 is 2.52 bits per heavy atom. The fraction of sp³-hybridized carbons (Fsp3) is 0.300.